The number of carbonyl (C=O) groups is 1. The van der Waals surface area contributed by atoms with Crippen molar-refractivity contribution < 1.29 is 4.79 Å². The minimum absolute atomic E-state index is 0.121. The van der Waals surface area contributed by atoms with Crippen LogP contribution in [0.25, 0.3) is 21.3 Å². The molecule has 0 saturated heterocycles. The molecule has 0 bridgehead atoms. The lowest BCUT2D eigenvalue weighted by atomic mass is 10.1. The maximum Gasteiger partial charge on any atom is 0.262 e. The molecule has 0 unspecified atom stereocenters. The molecule has 5 nitrogen and oxygen atoms in total. The summed E-state index contributed by atoms with van der Waals surface area (Å²) in [5.74, 6) is -0.137. The summed E-state index contributed by atoms with van der Waals surface area (Å²) in [5.41, 5.74) is 2.93. The first-order valence-corrected chi connectivity index (χ1v) is 9.76. The highest BCUT2D eigenvalue weighted by molar-refractivity contribution is 9.11. The van der Waals surface area contributed by atoms with Crippen LogP contribution in [0.15, 0.2) is 51.8 Å². The Morgan fingerprint density at radius 1 is 1.35 bits per heavy atom. The minimum Gasteiger partial charge on any atom is -0.351 e. The topological polar surface area (TPSA) is 64.0 Å². The summed E-state index contributed by atoms with van der Waals surface area (Å²) in [4.78, 5) is 29.9. The second-order valence-corrected chi connectivity index (χ2v) is 7.96. The van der Waals surface area contributed by atoms with Gasteiger partial charge in [-0.25, -0.2) is 4.98 Å². The lowest BCUT2D eigenvalue weighted by Crippen LogP contribution is -2.28. The predicted molar refractivity (Wildman–Crippen MR) is 110 cm³/mol. The van der Waals surface area contributed by atoms with Crippen LogP contribution in [0, 0.1) is 6.92 Å². The number of aromatic nitrogens is 2. The van der Waals surface area contributed by atoms with Crippen molar-refractivity contribution in [2.24, 2.45) is 0 Å². The van der Waals surface area contributed by atoms with Crippen LogP contribution < -0.4 is 10.9 Å². The summed E-state index contributed by atoms with van der Waals surface area (Å²) in [5, 5.41) is 5.30. The molecule has 3 rings (SSSR count). The van der Waals surface area contributed by atoms with E-state index in [-0.39, 0.29) is 24.4 Å². The van der Waals surface area contributed by atoms with Crippen molar-refractivity contribution in [3.05, 3.63) is 63.0 Å². The average Bonchev–Trinajstić information content (AvgIpc) is 3.05. The minimum atomic E-state index is -0.137. The number of halogens is 1. The van der Waals surface area contributed by atoms with Crippen LogP contribution in [0.5, 0.6) is 0 Å². The van der Waals surface area contributed by atoms with Crippen molar-refractivity contribution in [2.75, 3.05) is 6.54 Å². The van der Waals surface area contributed by atoms with E-state index in [2.05, 4.69) is 32.8 Å². The standard InChI is InChI=1S/C19H18BrN3O2S/c1-12-3-5-14(6-4-12)15-10-26-18-17(15)19(25)23(11-22-18)8-7-16(24)21-9-13(2)20/h3-6,10-11H,2,7-9H2,1H3,(H,21,24). The number of benzene rings is 1. The fourth-order valence-corrected chi connectivity index (χ4v) is 3.62. The Morgan fingerprint density at radius 2 is 2.08 bits per heavy atom. The highest BCUT2D eigenvalue weighted by atomic mass is 79.9. The summed E-state index contributed by atoms with van der Waals surface area (Å²) in [6.45, 7) is 6.35. The third-order valence-corrected chi connectivity index (χ3v) is 5.15. The molecular formula is C19H18BrN3O2S. The van der Waals surface area contributed by atoms with Gasteiger partial charge in [-0.15, -0.1) is 11.3 Å². The first kappa shape index (κ1) is 18.5. The molecule has 0 fully saturated rings. The molecule has 3 aromatic rings. The Hall–Kier alpha value is -2.25. The zero-order valence-corrected chi connectivity index (χ0v) is 16.7. The van der Waals surface area contributed by atoms with Gasteiger partial charge in [0.25, 0.3) is 5.56 Å². The molecule has 7 heteroatoms. The quantitative estimate of drug-likeness (QED) is 0.644. The van der Waals surface area contributed by atoms with Crippen molar-refractivity contribution >= 4 is 43.4 Å². The molecule has 0 spiro atoms. The molecule has 0 aliphatic heterocycles. The van der Waals surface area contributed by atoms with Gasteiger partial charge in [0, 0.05) is 34.9 Å². The molecule has 0 aliphatic rings. The van der Waals surface area contributed by atoms with Crippen molar-refractivity contribution in [3.63, 3.8) is 0 Å². The third-order valence-electron chi connectivity index (χ3n) is 3.98. The summed E-state index contributed by atoms with van der Waals surface area (Å²) < 4.78 is 2.20. The normalized spacial score (nSPS) is 10.8. The van der Waals surface area contributed by atoms with Crippen LogP contribution in [0.2, 0.25) is 0 Å². The van der Waals surface area contributed by atoms with Gasteiger partial charge in [0.05, 0.1) is 11.7 Å². The van der Waals surface area contributed by atoms with Gasteiger partial charge in [0.2, 0.25) is 5.91 Å². The molecule has 0 saturated carbocycles. The van der Waals surface area contributed by atoms with Crippen LogP contribution in [-0.4, -0.2) is 22.0 Å². The van der Waals surface area contributed by atoms with Crippen molar-refractivity contribution in [2.45, 2.75) is 19.9 Å². The van der Waals surface area contributed by atoms with Crippen molar-refractivity contribution in [1.82, 2.24) is 14.9 Å². The second-order valence-electron chi connectivity index (χ2n) is 5.98. The smallest absolute Gasteiger partial charge is 0.262 e. The Kier molecular flexibility index (Phi) is 5.68. The molecule has 26 heavy (non-hydrogen) atoms. The van der Waals surface area contributed by atoms with E-state index in [1.165, 1.54) is 27.8 Å². The lowest BCUT2D eigenvalue weighted by molar-refractivity contribution is -0.121. The molecule has 2 heterocycles. The predicted octanol–water partition coefficient (Wildman–Crippen LogP) is 3.85. The van der Waals surface area contributed by atoms with E-state index >= 15 is 0 Å². The van der Waals surface area contributed by atoms with E-state index in [1.54, 1.807) is 0 Å². The zero-order chi connectivity index (χ0) is 18.7. The van der Waals surface area contributed by atoms with Crippen molar-refractivity contribution in [3.8, 4) is 11.1 Å². The van der Waals surface area contributed by atoms with Crippen molar-refractivity contribution in [1.29, 1.82) is 0 Å². The fraction of sp³-hybridized carbons (Fsp3) is 0.211. The highest BCUT2D eigenvalue weighted by Gasteiger charge is 2.13. The summed E-state index contributed by atoms with van der Waals surface area (Å²) in [7, 11) is 0. The number of nitrogens with zero attached hydrogens (tertiary/aromatic N) is 2. The molecule has 0 aliphatic carbocycles. The molecular weight excluding hydrogens is 414 g/mol. The van der Waals surface area contributed by atoms with E-state index in [4.69, 9.17) is 0 Å². The molecule has 1 amide bonds. The van der Waals surface area contributed by atoms with Gasteiger partial charge in [0.15, 0.2) is 0 Å². The molecule has 0 atom stereocenters. The van der Waals surface area contributed by atoms with Gasteiger partial charge in [-0.3, -0.25) is 14.2 Å². The Labute approximate surface area is 163 Å². The molecule has 0 radical (unpaired) electrons. The maximum absolute atomic E-state index is 12.9. The Bertz CT molecular complexity index is 1020. The summed E-state index contributed by atoms with van der Waals surface area (Å²) >= 11 is 4.65. The van der Waals surface area contributed by atoms with E-state index in [0.29, 0.717) is 21.2 Å². The molecule has 2 aromatic heterocycles. The first-order valence-electron chi connectivity index (χ1n) is 8.09. The second kappa shape index (κ2) is 7.97. The highest BCUT2D eigenvalue weighted by Crippen LogP contribution is 2.30. The zero-order valence-electron chi connectivity index (χ0n) is 14.3. The van der Waals surface area contributed by atoms with E-state index < -0.39 is 0 Å². The monoisotopic (exact) mass is 431 g/mol. The number of hydrogen-bond donors (Lipinski definition) is 1. The number of hydrogen-bond acceptors (Lipinski definition) is 4. The summed E-state index contributed by atoms with van der Waals surface area (Å²) in [6.07, 6.45) is 1.72. The number of aryl methyl sites for hydroxylation is 2. The summed E-state index contributed by atoms with van der Waals surface area (Å²) in [6, 6.07) is 8.06. The van der Waals surface area contributed by atoms with Gasteiger partial charge < -0.3 is 5.32 Å². The Balaban J connectivity index is 1.87. The average molecular weight is 432 g/mol. The number of rotatable bonds is 6. The third kappa shape index (κ3) is 4.11. The van der Waals surface area contributed by atoms with Gasteiger partial charge in [0.1, 0.15) is 4.83 Å². The number of carbonyl (C=O) groups excluding carboxylic acids is 1. The van der Waals surface area contributed by atoms with Crippen LogP contribution >= 0.6 is 27.3 Å². The molecule has 1 aromatic carbocycles. The van der Waals surface area contributed by atoms with Crippen LogP contribution in [0.1, 0.15) is 12.0 Å². The molecule has 1 N–H and O–H groups in total. The number of nitrogens with one attached hydrogen (secondary N) is 1. The van der Waals surface area contributed by atoms with Crippen LogP contribution in [0.3, 0.4) is 0 Å². The van der Waals surface area contributed by atoms with Gasteiger partial charge in [-0.05, 0) is 12.5 Å². The van der Waals surface area contributed by atoms with Crippen LogP contribution in [-0.2, 0) is 11.3 Å². The number of fused-ring (bicyclic) bond motifs is 1. The van der Waals surface area contributed by atoms with E-state index in [0.717, 1.165) is 11.1 Å². The van der Waals surface area contributed by atoms with Gasteiger partial charge in [-0.2, -0.15) is 0 Å². The van der Waals surface area contributed by atoms with E-state index in [9.17, 15) is 9.59 Å². The lowest BCUT2D eigenvalue weighted by Gasteiger charge is -2.07. The largest absolute Gasteiger partial charge is 0.351 e. The Morgan fingerprint density at radius 3 is 2.77 bits per heavy atom. The maximum atomic E-state index is 12.9. The first-order chi connectivity index (χ1) is 12.5. The molecule has 134 valence electrons. The number of amides is 1. The fourth-order valence-electron chi connectivity index (χ4n) is 2.58. The van der Waals surface area contributed by atoms with Crippen LogP contribution in [0.4, 0.5) is 0 Å². The van der Waals surface area contributed by atoms with Gasteiger partial charge in [-0.1, -0.05) is 52.3 Å². The van der Waals surface area contributed by atoms with E-state index in [1.807, 2.05) is 36.6 Å². The van der Waals surface area contributed by atoms with Gasteiger partial charge >= 0.3 is 0 Å². The SMILES string of the molecule is C=C(Br)CNC(=O)CCn1cnc2scc(-c3ccc(C)cc3)c2c1=O. The number of thiophene rings is 1.